The molecule has 0 radical (unpaired) electrons. The Bertz CT molecular complexity index is 944. The molecule has 2 aromatic carbocycles. The molecular weight excluding hydrogens is 330 g/mol. The van der Waals surface area contributed by atoms with E-state index < -0.39 is 5.91 Å². The number of nitrogen functional groups attached to an aromatic ring is 1. The number of aromatic nitrogens is 1. The molecule has 0 aliphatic heterocycles. The first-order valence-corrected chi connectivity index (χ1v) is 7.37. The first-order chi connectivity index (χ1) is 11.5. The summed E-state index contributed by atoms with van der Waals surface area (Å²) < 4.78 is 11.1. The van der Waals surface area contributed by atoms with Gasteiger partial charge in [-0.2, -0.15) is 0 Å². The molecule has 0 aliphatic carbocycles. The minimum atomic E-state index is -0.627. The first kappa shape index (κ1) is 15.9. The zero-order chi connectivity index (χ0) is 17.3. The molecule has 3 rings (SSSR count). The van der Waals surface area contributed by atoms with Crippen molar-refractivity contribution in [3.05, 3.63) is 53.2 Å². The number of amides is 1. The molecule has 0 atom stereocenters. The zero-order valence-corrected chi connectivity index (χ0v) is 13.5. The number of nitrogens with zero attached hydrogens (tertiary/aromatic N) is 1. The fraction of sp³-hybridized carbons (Fsp3) is 0.0588. The van der Waals surface area contributed by atoms with E-state index in [4.69, 9.17) is 32.5 Å². The third kappa shape index (κ3) is 2.79. The average molecular weight is 344 g/mol. The van der Waals surface area contributed by atoms with Gasteiger partial charge in [-0.1, -0.05) is 11.6 Å². The van der Waals surface area contributed by atoms with E-state index in [9.17, 15) is 4.79 Å². The van der Waals surface area contributed by atoms with Gasteiger partial charge in [0.2, 0.25) is 0 Å². The van der Waals surface area contributed by atoms with E-state index in [1.54, 1.807) is 36.4 Å². The highest BCUT2D eigenvalue weighted by molar-refractivity contribution is 6.33. The molecule has 0 spiro atoms. The fourth-order valence-electron chi connectivity index (χ4n) is 2.37. The van der Waals surface area contributed by atoms with Crippen LogP contribution < -0.4 is 20.9 Å². The predicted octanol–water partition coefficient (Wildman–Crippen LogP) is 3.37. The van der Waals surface area contributed by atoms with Crippen molar-refractivity contribution in [1.82, 2.24) is 4.98 Å². The summed E-state index contributed by atoms with van der Waals surface area (Å²) in [7, 11) is 1.46. The maximum Gasteiger partial charge on any atom is 0.254 e. The molecule has 4 N–H and O–H groups in total. The summed E-state index contributed by atoms with van der Waals surface area (Å²) in [5.41, 5.74) is 12.2. The van der Waals surface area contributed by atoms with Gasteiger partial charge in [-0.25, -0.2) is 0 Å². The van der Waals surface area contributed by atoms with Gasteiger partial charge in [0.05, 0.1) is 23.3 Å². The summed E-state index contributed by atoms with van der Waals surface area (Å²) in [6.45, 7) is 0. The molecule has 0 aliphatic rings. The minimum absolute atomic E-state index is 0.204. The molecule has 0 unspecified atom stereocenters. The first-order valence-electron chi connectivity index (χ1n) is 6.99. The predicted molar refractivity (Wildman–Crippen MR) is 92.8 cm³/mol. The number of carbonyl (C=O) groups is 1. The van der Waals surface area contributed by atoms with E-state index in [0.29, 0.717) is 38.9 Å². The number of pyridine rings is 1. The Labute approximate surface area is 142 Å². The second-order valence-electron chi connectivity index (χ2n) is 5.00. The van der Waals surface area contributed by atoms with E-state index in [1.165, 1.54) is 13.3 Å². The van der Waals surface area contributed by atoms with Crippen LogP contribution in [0, 0.1) is 0 Å². The number of benzene rings is 2. The standard InChI is InChI=1S/C17H14ClN3O3/c1-23-14-5-3-10-13(6-7-21-16(10)15(14)17(20)22)24-9-2-4-12(19)11(18)8-9/h2-8H,19H2,1H3,(H2,20,22). The molecule has 24 heavy (non-hydrogen) atoms. The Kier molecular flexibility index (Phi) is 4.14. The zero-order valence-electron chi connectivity index (χ0n) is 12.7. The van der Waals surface area contributed by atoms with Gasteiger partial charge in [0, 0.05) is 17.6 Å². The molecular formula is C17H14ClN3O3. The van der Waals surface area contributed by atoms with Crippen LogP contribution in [0.1, 0.15) is 10.4 Å². The number of ether oxygens (including phenoxy) is 2. The Hall–Kier alpha value is -2.99. The summed E-state index contributed by atoms with van der Waals surface area (Å²) >= 11 is 6.01. The summed E-state index contributed by atoms with van der Waals surface area (Å²) in [5, 5.41) is 1.02. The lowest BCUT2D eigenvalue weighted by Crippen LogP contribution is -2.13. The van der Waals surface area contributed by atoms with Gasteiger partial charge in [-0.3, -0.25) is 9.78 Å². The van der Waals surface area contributed by atoms with Crippen molar-refractivity contribution in [2.45, 2.75) is 0 Å². The summed E-state index contributed by atoms with van der Waals surface area (Å²) in [6, 6.07) is 10.0. The van der Waals surface area contributed by atoms with Crippen LogP contribution in [0.25, 0.3) is 10.9 Å². The van der Waals surface area contributed by atoms with E-state index in [0.717, 1.165) is 0 Å². The second-order valence-corrected chi connectivity index (χ2v) is 5.40. The van der Waals surface area contributed by atoms with Gasteiger partial charge in [0.25, 0.3) is 5.91 Å². The third-order valence-corrected chi connectivity index (χ3v) is 3.83. The van der Waals surface area contributed by atoms with E-state index in [2.05, 4.69) is 4.98 Å². The van der Waals surface area contributed by atoms with E-state index >= 15 is 0 Å². The van der Waals surface area contributed by atoms with Gasteiger partial charge in [-0.05, 0) is 30.3 Å². The normalized spacial score (nSPS) is 10.6. The number of primary amides is 1. The van der Waals surface area contributed by atoms with Crippen molar-refractivity contribution < 1.29 is 14.3 Å². The molecule has 0 saturated carbocycles. The Morgan fingerprint density at radius 3 is 2.62 bits per heavy atom. The molecule has 122 valence electrons. The Balaban J connectivity index is 2.14. The third-order valence-electron chi connectivity index (χ3n) is 3.50. The smallest absolute Gasteiger partial charge is 0.254 e. The number of halogens is 1. The average Bonchev–Trinajstić information content (AvgIpc) is 2.57. The molecule has 3 aromatic rings. The number of anilines is 1. The number of fused-ring (bicyclic) bond motifs is 1. The van der Waals surface area contributed by atoms with Crippen LogP contribution in [-0.4, -0.2) is 18.0 Å². The SMILES string of the molecule is COc1ccc2c(Oc3ccc(N)c(Cl)c3)ccnc2c1C(N)=O. The molecule has 7 heteroatoms. The van der Waals surface area contributed by atoms with Gasteiger partial charge < -0.3 is 20.9 Å². The largest absolute Gasteiger partial charge is 0.496 e. The van der Waals surface area contributed by atoms with Crippen LogP contribution in [0.3, 0.4) is 0 Å². The highest BCUT2D eigenvalue weighted by atomic mass is 35.5. The van der Waals surface area contributed by atoms with Gasteiger partial charge >= 0.3 is 0 Å². The van der Waals surface area contributed by atoms with Crippen molar-refractivity contribution in [2.75, 3.05) is 12.8 Å². The van der Waals surface area contributed by atoms with Gasteiger partial charge in [0.1, 0.15) is 22.8 Å². The molecule has 0 saturated heterocycles. The Morgan fingerprint density at radius 1 is 1.17 bits per heavy atom. The number of hydrogen-bond donors (Lipinski definition) is 2. The maximum absolute atomic E-state index is 11.8. The lowest BCUT2D eigenvalue weighted by atomic mass is 10.1. The summed E-state index contributed by atoms with van der Waals surface area (Å²) in [5.74, 6) is 0.747. The molecule has 1 heterocycles. The number of hydrogen-bond acceptors (Lipinski definition) is 5. The van der Waals surface area contributed by atoms with Crippen LogP contribution >= 0.6 is 11.6 Å². The van der Waals surface area contributed by atoms with Crippen LogP contribution in [-0.2, 0) is 0 Å². The molecule has 1 amide bonds. The number of rotatable bonds is 4. The topological polar surface area (TPSA) is 100 Å². The van der Waals surface area contributed by atoms with E-state index in [-0.39, 0.29) is 5.56 Å². The monoisotopic (exact) mass is 343 g/mol. The lowest BCUT2D eigenvalue weighted by molar-refractivity contribution is 0.0999. The summed E-state index contributed by atoms with van der Waals surface area (Å²) in [6.07, 6.45) is 1.53. The van der Waals surface area contributed by atoms with Crippen molar-refractivity contribution in [2.24, 2.45) is 5.73 Å². The van der Waals surface area contributed by atoms with Crippen LogP contribution in [0.5, 0.6) is 17.2 Å². The summed E-state index contributed by atoms with van der Waals surface area (Å²) in [4.78, 5) is 16.0. The fourth-order valence-corrected chi connectivity index (χ4v) is 2.54. The lowest BCUT2D eigenvalue weighted by Gasteiger charge is -2.12. The van der Waals surface area contributed by atoms with Crippen molar-refractivity contribution >= 4 is 34.1 Å². The second kappa shape index (κ2) is 6.25. The highest BCUT2D eigenvalue weighted by Gasteiger charge is 2.17. The van der Waals surface area contributed by atoms with E-state index in [1.807, 2.05) is 0 Å². The minimum Gasteiger partial charge on any atom is -0.496 e. The molecule has 0 bridgehead atoms. The van der Waals surface area contributed by atoms with Crippen molar-refractivity contribution in [3.8, 4) is 17.2 Å². The highest BCUT2D eigenvalue weighted by Crippen LogP contribution is 2.35. The number of carbonyl (C=O) groups excluding carboxylic acids is 1. The maximum atomic E-state index is 11.8. The van der Waals surface area contributed by atoms with Gasteiger partial charge in [0.15, 0.2) is 0 Å². The van der Waals surface area contributed by atoms with Crippen LogP contribution in [0.2, 0.25) is 5.02 Å². The van der Waals surface area contributed by atoms with Gasteiger partial charge in [-0.15, -0.1) is 0 Å². The molecule has 1 aromatic heterocycles. The van der Waals surface area contributed by atoms with Crippen LogP contribution in [0.4, 0.5) is 5.69 Å². The van der Waals surface area contributed by atoms with Crippen molar-refractivity contribution in [3.63, 3.8) is 0 Å². The quantitative estimate of drug-likeness (QED) is 0.707. The van der Waals surface area contributed by atoms with Crippen LogP contribution in [0.15, 0.2) is 42.6 Å². The number of methoxy groups -OCH3 is 1. The number of nitrogens with two attached hydrogens (primary N) is 2. The molecule has 0 fully saturated rings. The van der Waals surface area contributed by atoms with Crippen molar-refractivity contribution in [1.29, 1.82) is 0 Å². The molecule has 6 nitrogen and oxygen atoms in total. The Morgan fingerprint density at radius 2 is 1.96 bits per heavy atom.